The van der Waals surface area contributed by atoms with E-state index < -0.39 is 10.0 Å². The van der Waals surface area contributed by atoms with Crippen molar-refractivity contribution < 1.29 is 8.42 Å². The highest BCUT2D eigenvalue weighted by atomic mass is 35.5. The van der Waals surface area contributed by atoms with Gasteiger partial charge in [-0.2, -0.15) is 0 Å². The zero-order valence-corrected chi connectivity index (χ0v) is 16.1. The molecule has 1 aromatic heterocycles. The Morgan fingerprint density at radius 3 is 2.52 bits per heavy atom. The fraction of sp³-hybridized carbons (Fsp3) is 0.0952. The number of hydrogen-bond acceptors (Lipinski definition) is 3. The van der Waals surface area contributed by atoms with Gasteiger partial charge >= 0.3 is 0 Å². The van der Waals surface area contributed by atoms with Crippen LogP contribution in [-0.4, -0.2) is 13.4 Å². The number of aryl methyl sites for hydroxylation is 2. The second kappa shape index (κ2) is 8.84. The number of pyridine rings is 1. The lowest BCUT2D eigenvalue weighted by Gasteiger charge is -2.07. The Labute approximate surface area is 164 Å². The number of benzene rings is 2. The van der Waals surface area contributed by atoms with Gasteiger partial charge in [0, 0.05) is 22.6 Å². The molecule has 3 rings (SSSR count). The lowest BCUT2D eigenvalue weighted by atomic mass is 10.1. The summed E-state index contributed by atoms with van der Waals surface area (Å²) in [5.41, 5.74) is 3.35. The minimum absolute atomic E-state index is 0.536. The van der Waals surface area contributed by atoms with Crippen LogP contribution >= 0.6 is 11.6 Å². The molecule has 0 aliphatic heterocycles. The Kier molecular flexibility index (Phi) is 6.27. The number of nitrogens with one attached hydrogen (secondary N) is 1. The smallest absolute Gasteiger partial charge is 0.255 e. The van der Waals surface area contributed by atoms with Gasteiger partial charge in [-0.1, -0.05) is 41.9 Å². The molecule has 0 radical (unpaired) electrons. The van der Waals surface area contributed by atoms with Crippen LogP contribution in [0.25, 0.3) is 6.08 Å². The minimum Gasteiger partial charge on any atom is -0.280 e. The van der Waals surface area contributed by atoms with Gasteiger partial charge in [-0.25, -0.2) is 8.42 Å². The van der Waals surface area contributed by atoms with Crippen molar-refractivity contribution >= 4 is 33.4 Å². The molecule has 0 saturated carbocycles. The van der Waals surface area contributed by atoms with Crippen molar-refractivity contribution in [2.24, 2.45) is 0 Å². The first-order valence-electron chi connectivity index (χ1n) is 8.45. The molecule has 0 unspecified atom stereocenters. The third-order valence-corrected chi connectivity index (χ3v) is 5.16. The molecule has 0 amide bonds. The largest absolute Gasteiger partial charge is 0.280 e. The maximum absolute atomic E-state index is 12.3. The average Bonchev–Trinajstić information content (AvgIpc) is 2.67. The lowest BCUT2D eigenvalue weighted by molar-refractivity contribution is 0.609. The highest BCUT2D eigenvalue weighted by Crippen LogP contribution is 2.16. The Morgan fingerprint density at radius 2 is 1.78 bits per heavy atom. The van der Waals surface area contributed by atoms with Gasteiger partial charge < -0.3 is 0 Å². The zero-order chi connectivity index (χ0) is 19.1. The second-order valence-corrected chi connectivity index (χ2v) is 8.03. The van der Waals surface area contributed by atoms with Crippen molar-refractivity contribution in [1.29, 1.82) is 0 Å². The molecular formula is C21H19ClN2O2S. The molecule has 0 aliphatic rings. The second-order valence-electron chi connectivity index (χ2n) is 6.02. The van der Waals surface area contributed by atoms with Gasteiger partial charge in [0.15, 0.2) is 0 Å². The van der Waals surface area contributed by atoms with E-state index in [1.165, 1.54) is 6.08 Å². The van der Waals surface area contributed by atoms with Crippen LogP contribution in [-0.2, 0) is 22.9 Å². The third-order valence-electron chi connectivity index (χ3n) is 3.89. The summed E-state index contributed by atoms with van der Waals surface area (Å²) in [4.78, 5) is 4.31. The van der Waals surface area contributed by atoms with E-state index in [4.69, 9.17) is 11.6 Å². The molecule has 0 saturated heterocycles. The minimum atomic E-state index is -3.60. The van der Waals surface area contributed by atoms with E-state index in [0.29, 0.717) is 10.7 Å². The molecule has 0 fully saturated rings. The van der Waals surface area contributed by atoms with Crippen LogP contribution in [0.4, 0.5) is 5.69 Å². The molecule has 6 heteroatoms. The maximum atomic E-state index is 12.3. The molecule has 1 N–H and O–H groups in total. The first-order chi connectivity index (χ1) is 13.0. The van der Waals surface area contributed by atoms with E-state index in [9.17, 15) is 8.42 Å². The molecule has 0 spiro atoms. The van der Waals surface area contributed by atoms with Gasteiger partial charge in [0.25, 0.3) is 10.0 Å². The predicted octanol–water partition coefficient (Wildman–Crippen LogP) is 4.93. The normalized spacial score (nSPS) is 11.6. The van der Waals surface area contributed by atoms with Gasteiger partial charge in [-0.05, 0) is 66.4 Å². The summed E-state index contributed by atoms with van der Waals surface area (Å²) < 4.78 is 27.2. The first kappa shape index (κ1) is 19.1. The van der Waals surface area contributed by atoms with Gasteiger partial charge in [-0.15, -0.1) is 0 Å². The summed E-state index contributed by atoms with van der Waals surface area (Å²) in [5.74, 6) is 0. The summed E-state index contributed by atoms with van der Waals surface area (Å²) >= 11 is 5.83. The summed E-state index contributed by atoms with van der Waals surface area (Å²) in [6.07, 6.45) is 4.89. The van der Waals surface area contributed by atoms with E-state index in [1.807, 2.05) is 36.4 Å². The number of nitrogens with zero attached hydrogens (tertiary/aromatic N) is 1. The van der Waals surface area contributed by atoms with Crippen LogP contribution in [0, 0.1) is 0 Å². The Hall–Kier alpha value is -2.63. The summed E-state index contributed by atoms with van der Waals surface area (Å²) in [5, 5.41) is 1.76. The molecule has 4 nitrogen and oxygen atoms in total. The number of halogens is 1. The first-order valence-corrected chi connectivity index (χ1v) is 10.4. The molecule has 27 heavy (non-hydrogen) atoms. The summed E-state index contributed by atoms with van der Waals surface area (Å²) in [6, 6.07) is 20.2. The van der Waals surface area contributed by atoms with Crippen molar-refractivity contribution in [2.75, 3.05) is 4.72 Å². The molecule has 0 aliphatic carbocycles. The number of hydrogen-bond donors (Lipinski definition) is 1. The number of rotatable bonds is 7. The number of anilines is 1. The van der Waals surface area contributed by atoms with Crippen LogP contribution in [0.2, 0.25) is 5.02 Å². The fourth-order valence-electron chi connectivity index (χ4n) is 2.55. The fourth-order valence-corrected chi connectivity index (χ4v) is 3.53. The molecule has 3 aromatic rings. The third kappa shape index (κ3) is 6.24. The average molecular weight is 399 g/mol. The molecular weight excluding hydrogens is 380 g/mol. The van der Waals surface area contributed by atoms with Crippen LogP contribution in [0.5, 0.6) is 0 Å². The Morgan fingerprint density at radius 1 is 0.963 bits per heavy atom. The number of aromatic nitrogens is 1. The van der Waals surface area contributed by atoms with E-state index in [-0.39, 0.29) is 0 Å². The van der Waals surface area contributed by atoms with E-state index >= 15 is 0 Å². The van der Waals surface area contributed by atoms with Crippen LogP contribution < -0.4 is 4.72 Å². The van der Waals surface area contributed by atoms with Gasteiger partial charge in [0.2, 0.25) is 0 Å². The molecule has 0 atom stereocenters. The summed E-state index contributed by atoms with van der Waals surface area (Å²) in [6.45, 7) is 0. The topological polar surface area (TPSA) is 59.1 Å². The van der Waals surface area contributed by atoms with E-state index in [0.717, 1.165) is 35.1 Å². The van der Waals surface area contributed by atoms with Gasteiger partial charge in [0.1, 0.15) is 0 Å². The maximum Gasteiger partial charge on any atom is 0.255 e. The Balaban J connectivity index is 1.64. The van der Waals surface area contributed by atoms with Crippen molar-refractivity contribution in [3.63, 3.8) is 0 Å². The van der Waals surface area contributed by atoms with Crippen molar-refractivity contribution in [2.45, 2.75) is 12.8 Å². The van der Waals surface area contributed by atoms with Crippen molar-refractivity contribution in [3.8, 4) is 0 Å². The highest BCUT2D eigenvalue weighted by Gasteiger charge is 2.06. The SMILES string of the molecule is O=S(=O)(C=Cc1ccc(Cl)cc1)Nc1cccc(CCc2ccccn2)c1. The predicted molar refractivity (Wildman–Crippen MR) is 111 cm³/mol. The molecule has 0 bridgehead atoms. The van der Waals surface area contributed by atoms with E-state index in [1.54, 1.807) is 36.5 Å². The lowest BCUT2D eigenvalue weighted by Crippen LogP contribution is -2.09. The molecule has 2 aromatic carbocycles. The van der Waals surface area contributed by atoms with Gasteiger partial charge in [0.05, 0.1) is 5.41 Å². The molecule has 138 valence electrons. The van der Waals surface area contributed by atoms with Crippen LogP contribution in [0.3, 0.4) is 0 Å². The van der Waals surface area contributed by atoms with Crippen LogP contribution in [0.1, 0.15) is 16.8 Å². The monoisotopic (exact) mass is 398 g/mol. The molecule has 1 heterocycles. The van der Waals surface area contributed by atoms with Crippen molar-refractivity contribution in [3.05, 3.63) is 100 Å². The van der Waals surface area contributed by atoms with Gasteiger partial charge in [-0.3, -0.25) is 9.71 Å². The summed E-state index contributed by atoms with van der Waals surface area (Å²) in [7, 11) is -3.60. The van der Waals surface area contributed by atoms with Crippen LogP contribution in [0.15, 0.2) is 78.3 Å². The zero-order valence-electron chi connectivity index (χ0n) is 14.5. The van der Waals surface area contributed by atoms with Crippen molar-refractivity contribution in [1.82, 2.24) is 4.98 Å². The highest BCUT2D eigenvalue weighted by molar-refractivity contribution is 7.95. The van der Waals surface area contributed by atoms with E-state index in [2.05, 4.69) is 9.71 Å². The number of sulfonamides is 1. The Bertz CT molecular complexity index is 1020. The standard InChI is InChI=1S/C21H19ClN2O2S/c22-19-10-7-17(8-11-19)13-15-27(25,26)24-21-6-3-4-18(16-21)9-12-20-5-1-2-14-23-20/h1-8,10-11,13-16,24H,9,12H2. The quantitative estimate of drug-likeness (QED) is 0.613.